The number of aromatic nitrogens is 2. The second-order valence-corrected chi connectivity index (χ2v) is 3.58. The van der Waals surface area contributed by atoms with Crippen LogP contribution in [0.15, 0.2) is 30.5 Å². The van der Waals surface area contributed by atoms with Crippen LogP contribution in [-0.4, -0.2) is 23.4 Å². The molecule has 0 amide bonds. The van der Waals surface area contributed by atoms with Gasteiger partial charge in [0.2, 0.25) is 5.95 Å². The summed E-state index contributed by atoms with van der Waals surface area (Å²) in [5.41, 5.74) is 6.50. The van der Waals surface area contributed by atoms with Crippen molar-refractivity contribution in [3.8, 4) is 11.4 Å². The first-order valence-electron chi connectivity index (χ1n) is 5.33. The van der Waals surface area contributed by atoms with Gasteiger partial charge in [-0.15, -0.1) is 0 Å². The first-order chi connectivity index (χ1) is 8.27. The number of para-hydroxylation sites is 2. The number of methoxy groups -OCH3 is 1. The molecule has 2 rings (SSSR count). The van der Waals surface area contributed by atoms with Crippen LogP contribution >= 0.6 is 0 Å². The Hall–Kier alpha value is -1.88. The molecule has 1 aromatic carbocycles. The predicted octanol–water partition coefficient (Wildman–Crippen LogP) is 1.52. The summed E-state index contributed by atoms with van der Waals surface area (Å²) in [6.07, 6.45) is 1.97. The predicted molar refractivity (Wildman–Crippen MR) is 62.8 cm³/mol. The van der Waals surface area contributed by atoms with Crippen LogP contribution in [0.4, 0.5) is 4.39 Å². The van der Waals surface area contributed by atoms with Crippen molar-refractivity contribution < 1.29 is 9.13 Å². The second kappa shape index (κ2) is 4.97. The molecule has 0 aliphatic carbocycles. The summed E-state index contributed by atoms with van der Waals surface area (Å²) in [4.78, 5) is 0. The largest absolute Gasteiger partial charge is 0.494 e. The van der Waals surface area contributed by atoms with Gasteiger partial charge in [0, 0.05) is 5.56 Å². The number of nitrogens with zero attached hydrogens (tertiary/aromatic N) is 2. The summed E-state index contributed by atoms with van der Waals surface area (Å²) >= 11 is 0. The lowest BCUT2D eigenvalue weighted by Gasteiger charge is -2.08. The Balaban J connectivity index is 2.46. The molecule has 0 bridgehead atoms. The minimum absolute atomic E-state index is 0.389. The van der Waals surface area contributed by atoms with Gasteiger partial charge in [-0.25, -0.2) is 4.68 Å². The third-order valence-corrected chi connectivity index (χ3v) is 2.51. The fourth-order valence-corrected chi connectivity index (χ4v) is 1.66. The smallest absolute Gasteiger partial charge is 0.219 e. The zero-order valence-electron chi connectivity index (χ0n) is 9.56. The Kier molecular flexibility index (Phi) is 3.39. The molecule has 5 heteroatoms. The van der Waals surface area contributed by atoms with Crippen molar-refractivity contribution in [1.82, 2.24) is 9.78 Å². The lowest BCUT2D eigenvalue weighted by Crippen LogP contribution is -2.06. The monoisotopic (exact) mass is 235 g/mol. The van der Waals surface area contributed by atoms with Gasteiger partial charge in [-0.1, -0.05) is 12.1 Å². The van der Waals surface area contributed by atoms with Crippen molar-refractivity contribution >= 4 is 0 Å². The fourth-order valence-electron chi connectivity index (χ4n) is 1.66. The van der Waals surface area contributed by atoms with Crippen molar-refractivity contribution in [3.63, 3.8) is 0 Å². The molecular weight excluding hydrogens is 221 g/mol. The average Bonchev–Trinajstić information content (AvgIpc) is 2.72. The van der Waals surface area contributed by atoms with Crippen LogP contribution < -0.4 is 10.5 Å². The van der Waals surface area contributed by atoms with Gasteiger partial charge in [0.1, 0.15) is 11.4 Å². The number of nitrogens with two attached hydrogens (primary N) is 1. The van der Waals surface area contributed by atoms with Crippen LogP contribution in [0.1, 0.15) is 5.56 Å². The van der Waals surface area contributed by atoms with Crippen LogP contribution in [0.5, 0.6) is 5.75 Å². The van der Waals surface area contributed by atoms with Gasteiger partial charge in [0.05, 0.1) is 13.3 Å². The van der Waals surface area contributed by atoms with Crippen LogP contribution in [0.3, 0.4) is 0 Å². The molecule has 0 aliphatic rings. The minimum Gasteiger partial charge on any atom is -0.494 e. The van der Waals surface area contributed by atoms with E-state index in [-0.39, 0.29) is 5.95 Å². The third-order valence-electron chi connectivity index (χ3n) is 2.51. The molecular formula is C12H14FN3O. The molecule has 4 nitrogen and oxygen atoms in total. The standard InChI is InChI=1S/C12H14FN3O/c1-17-11-5-3-2-4-10(11)16-12(13)9(6-7-14)8-15-16/h2-5,8H,6-7,14H2,1H3. The van der Waals surface area contributed by atoms with Crippen molar-refractivity contribution in [2.75, 3.05) is 13.7 Å². The maximum absolute atomic E-state index is 14.0. The molecule has 90 valence electrons. The first kappa shape index (κ1) is 11.6. The highest BCUT2D eigenvalue weighted by Gasteiger charge is 2.13. The van der Waals surface area contributed by atoms with Crippen LogP contribution in [0.2, 0.25) is 0 Å². The molecule has 0 saturated heterocycles. The molecule has 0 unspecified atom stereocenters. The Morgan fingerprint density at radius 1 is 1.41 bits per heavy atom. The number of hydrogen-bond donors (Lipinski definition) is 1. The van der Waals surface area contributed by atoms with E-state index in [0.717, 1.165) is 0 Å². The van der Waals surface area contributed by atoms with Gasteiger partial charge < -0.3 is 10.5 Å². The second-order valence-electron chi connectivity index (χ2n) is 3.58. The van der Waals surface area contributed by atoms with Gasteiger partial charge >= 0.3 is 0 Å². The topological polar surface area (TPSA) is 53.1 Å². The minimum atomic E-state index is -0.389. The quantitative estimate of drug-likeness (QED) is 0.874. The van der Waals surface area contributed by atoms with Crippen molar-refractivity contribution in [3.05, 3.63) is 42.0 Å². The van der Waals surface area contributed by atoms with Gasteiger partial charge in [-0.2, -0.15) is 9.49 Å². The summed E-state index contributed by atoms with van der Waals surface area (Å²) < 4.78 is 20.4. The van der Waals surface area contributed by atoms with E-state index in [1.165, 1.54) is 10.9 Å². The molecule has 0 fully saturated rings. The van der Waals surface area contributed by atoms with Gasteiger partial charge in [-0.05, 0) is 25.1 Å². The van der Waals surface area contributed by atoms with E-state index in [2.05, 4.69) is 5.10 Å². The van der Waals surface area contributed by atoms with Gasteiger partial charge in [0.25, 0.3) is 0 Å². The van der Waals surface area contributed by atoms with Gasteiger partial charge in [0.15, 0.2) is 0 Å². The van der Waals surface area contributed by atoms with E-state index in [9.17, 15) is 4.39 Å². The summed E-state index contributed by atoms with van der Waals surface area (Å²) in [5.74, 6) is 0.189. The van der Waals surface area contributed by atoms with Crippen LogP contribution in [0, 0.1) is 5.95 Å². The zero-order chi connectivity index (χ0) is 12.3. The Morgan fingerprint density at radius 3 is 2.88 bits per heavy atom. The van der Waals surface area contributed by atoms with Gasteiger partial charge in [-0.3, -0.25) is 0 Å². The highest BCUT2D eigenvalue weighted by atomic mass is 19.1. The van der Waals surface area contributed by atoms with Crippen LogP contribution in [0.25, 0.3) is 5.69 Å². The van der Waals surface area contributed by atoms with Crippen molar-refractivity contribution in [1.29, 1.82) is 0 Å². The number of ether oxygens (including phenoxy) is 1. The van der Waals surface area contributed by atoms with E-state index in [4.69, 9.17) is 10.5 Å². The van der Waals surface area contributed by atoms with E-state index >= 15 is 0 Å². The Morgan fingerprint density at radius 2 is 2.18 bits per heavy atom. The molecule has 0 saturated carbocycles. The first-order valence-corrected chi connectivity index (χ1v) is 5.33. The maximum atomic E-state index is 14.0. The fraction of sp³-hybridized carbons (Fsp3) is 0.250. The maximum Gasteiger partial charge on any atom is 0.219 e. The Labute approximate surface area is 98.8 Å². The van der Waals surface area contributed by atoms with E-state index in [1.54, 1.807) is 19.2 Å². The van der Waals surface area contributed by atoms with Crippen molar-refractivity contribution in [2.24, 2.45) is 5.73 Å². The number of halogens is 1. The molecule has 0 aliphatic heterocycles. The molecule has 0 spiro atoms. The summed E-state index contributed by atoms with van der Waals surface area (Å²) in [6, 6.07) is 7.15. The normalized spacial score (nSPS) is 10.5. The molecule has 2 aromatic rings. The number of hydrogen-bond acceptors (Lipinski definition) is 3. The molecule has 0 atom stereocenters. The summed E-state index contributed by atoms with van der Waals surface area (Å²) in [7, 11) is 1.54. The Bertz CT molecular complexity index is 510. The summed E-state index contributed by atoms with van der Waals surface area (Å²) in [6.45, 7) is 0.397. The lowest BCUT2D eigenvalue weighted by atomic mass is 10.2. The molecule has 1 heterocycles. The molecule has 17 heavy (non-hydrogen) atoms. The number of rotatable bonds is 4. The lowest BCUT2D eigenvalue weighted by molar-refractivity contribution is 0.407. The summed E-state index contributed by atoms with van der Waals surface area (Å²) in [5, 5.41) is 4.02. The van der Waals surface area contributed by atoms with Crippen molar-refractivity contribution in [2.45, 2.75) is 6.42 Å². The molecule has 2 N–H and O–H groups in total. The SMILES string of the molecule is COc1ccccc1-n1ncc(CCN)c1F. The average molecular weight is 235 g/mol. The van der Waals surface area contributed by atoms with Crippen LogP contribution in [-0.2, 0) is 6.42 Å². The van der Waals surface area contributed by atoms with E-state index in [1.807, 2.05) is 12.1 Å². The van der Waals surface area contributed by atoms with E-state index in [0.29, 0.717) is 30.0 Å². The van der Waals surface area contributed by atoms with E-state index < -0.39 is 0 Å². The highest BCUT2D eigenvalue weighted by molar-refractivity contribution is 5.46. The molecule has 1 aromatic heterocycles. The highest BCUT2D eigenvalue weighted by Crippen LogP contribution is 2.23. The molecule has 0 radical (unpaired) electrons. The third kappa shape index (κ3) is 2.14. The zero-order valence-corrected chi connectivity index (χ0v) is 9.56. The number of benzene rings is 1.